The van der Waals surface area contributed by atoms with Crippen LogP contribution in [0, 0.1) is 0 Å². The van der Waals surface area contributed by atoms with E-state index in [0.29, 0.717) is 10.9 Å². The Morgan fingerprint density at radius 3 is 2.46 bits per heavy atom. The number of aromatic amines is 1. The largest absolute Gasteiger partial charge is 0.497 e. The number of hydrogen-bond acceptors (Lipinski definition) is 5. The second-order valence-electron chi connectivity index (χ2n) is 5.12. The highest BCUT2D eigenvalue weighted by atomic mass is 32.2. The zero-order valence-electron chi connectivity index (χ0n) is 13.2. The molecule has 0 unspecified atom stereocenters. The van der Waals surface area contributed by atoms with Crippen molar-refractivity contribution in [2.24, 2.45) is 0 Å². The fourth-order valence-electron chi connectivity index (χ4n) is 2.23. The van der Waals surface area contributed by atoms with E-state index in [4.69, 9.17) is 4.74 Å². The van der Waals surface area contributed by atoms with E-state index >= 15 is 0 Å². The predicted octanol–water partition coefficient (Wildman–Crippen LogP) is 3.18. The number of aromatic nitrogens is 3. The molecule has 122 valence electrons. The Hall–Kier alpha value is -2.60. The Bertz CT molecular complexity index is 848. The topological polar surface area (TPSA) is 67.9 Å². The maximum atomic E-state index is 12.2. The summed E-state index contributed by atoms with van der Waals surface area (Å²) in [5.41, 5.74) is 2.10. The highest BCUT2D eigenvalue weighted by Gasteiger charge is 2.07. The Morgan fingerprint density at radius 1 is 1.04 bits per heavy atom. The van der Waals surface area contributed by atoms with E-state index < -0.39 is 0 Å². The van der Waals surface area contributed by atoms with Gasteiger partial charge >= 0.3 is 0 Å². The van der Waals surface area contributed by atoms with Crippen molar-refractivity contribution in [1.29, 1.82) is 0 Å². The number of rotatable bonds is 6. The molecule has 0 aliphatic rings. The summed E-state index contributed by atoms with van der Waals surface area (Å²) in [6.07, 6.45) is 0.874. The molecule has 0 aliphatic carbocycles. The zero-order valence-corrected chi connectivity index (χ0v) is 14.0. The van der Waals surface area contributed by atoms with Gasteiger partial charge in [0.1, 0.15) is 5.75 Å². The van der Waals surface area contributed by atoms with E-state index in [2.05, 4.69) is 15.2 Å². The van der Waals surface area contributed by atoms with Crippen LogP contribution in [0.4, 0.5) is 0 Å². The van der Waals surface area contributed by atoms with Gasteiger partial charge in [0, 0.05) is 11.3 Å². The highest BCUT2D eigenvalue weighted by Crippen LogP contribution is 2.17. The Balaban J connectivity index is 1.61. The number of aryl methyl sites for hydroxylation is 1. The van der Waals surface area contributed by atoms with E-state index in [1.54, 1.807) is 7.11 Å². The number of thioether (sulfide) groups is 1. The van der Waals surface area contributed by atoms with Crippen LogP contribution in [0.3, 0.4) is 0 Å². The number of H-pyrrole nitrogens is 1. The molecule has 0 saturated carbocycles. The van der Waals surface area contributed by atoms with E-state index in [0.717, 1.165) is 23.5 Å². The monoisotopic (exact) mass is 339 g/mol. The third-order valence-electron chi connectivity index (χ3n) is 3.51. The standard InChI is InChI=1S/C18H17N3O2S/c1-23-15-9-7-13(8-10-15)11-12-24-18-19-17(22)16(20-21-18)14-5-3-2-4-6-14/h2-10H,11-12H2,1H3,(H,19,21,22). The average Bonchev–Trinajstić information content (AvgIpc) is 2.63. The summed E-state index contributed by atoms with van der Waals surface area (Å²) in [7, 11) is 1.65. The van der Waals surface area contributed by atoms with Gasteiger partial charge in [-0.2, -0.15) is 0 Å². The predicted molar refractivity (Wildman–Crippen MR) is 95.5 cm³/mol. The molecule has 0 amide bonds. The van der Waals surface area contributed by atoms with Crippen LogP contribution in [0.15, 0.2) is 64.5 Å². The fourth-order valence-corrected chi connectivity index (χ4v) is 3.02. The molecule has 0 fully saturated rings. The molecule has 1 aromatic heterocycles. The van der Waals surface area contributed by atoms with Crippen LogP contribution in [-0.2, 0) is 6.42 Å². The van der Waals surface area contributed by atoms with Crippen LogP contribution in [-0.4, -0.2) is 28.0 Å². The first-order valence-electron chi connectivity index (χ1n) is 7.54. The summed E-state index contributed by atoms with van der Waals surface area (Å²) in [6.45, 7) is 0. The van der Waals surface area contributed by atoms with Gasteiger partial charge in [0.25, 0.3) is 5.56 Å². The summed E-state index contributed by atoms with van der Waals surface area (Å²) in [5, 5.41) is 8.71. The zero-order chi connectivity index (χ0) is 16.8. The molecule has 1 heterocycles. The Morgan fingerprint density at radius 2 is 1.79 bits per heavy atom. The van der Waals surface area contributed by atoms with Gasteiger partial charge in [0.05, 0.1) is 7.11 Å². The third kappa shape index (κ3) is 4.02. The van der Waals surface area contributed by atoms with Crippen LogP contribution in [0.2, 0.25) is 0 Å². The molecule has 2 aromatic carbocycles. The molecular weight excluding hydrogens is 322 g/mol. The van der Waals surface area contributed by atoms with E-state index in [1.807, 2.05) is 54.6 Å². The van der Waals surface area contributed by atoms with Crippen molar-refractivity contribution in [2.45, 2.75) is 11.6 Å². The molecule has 3 aromatic rings. The van der Waals surface area contributed by atoms with Gasteiger partial charge in [0.2, 0.25) is 0 Å². The van der Waals surface area contributed by atoms with E-state index in [1.165, 1.54) is 17.3 Å². The normalized spacial score (nSPS) is 10.5. The maximum Gasteiger partial charge on any atom is 0.278 e. The van der Waals surface area contributed by atoms with E-state index in [9.17, 15) is 4.79 Å². The molecule has 5 nitrogen and oxygen atoms in total. The fraction of sp³-hybridized carbons (Fsp3) is 0.167. The molecule has 0 radical (unpaired) electrons. The second-order valence-corrected chi connectivity index (χ2v) is 6.20. The first-order valence-corrected chi connectivity index (χ1v) is 8.53. The van der Waals surface area contributed by atoms with Crippen molar-refractivity contribution < 1.29 is 4.74 Å². The van der Waals surface area contributed by atoms with Crippen LogP contribution in [0.1, 0.15) is 5.56 Å². The molecule has 0 saturated heterocycles. The minimum absolute atomic E-state index is 0.219. The van der Waals surface area contributed by atoms with Gasteiger partial charge < -0.3 is 4.74 Å². The van der Waals surface area contributed by atoms with Crippen molar-refractivity contribution in [3.63, 3.8) is 0 Å². The summed E-state index contributed by atoms with van der Waals surface area (Å²) in [4.78, 5) is 15.0. The lowest BCUT2D eigenvalue weighted by atomic mass is 10.2. The number of methoxy groups -OCH3 is 1. The van der Waals surface area contributed by atoms with Gasteiger partial charge in [-0.3, -0.25) is 9.78 Å². The van der Waals surface area contributed by atoms with Crippen LogP contribution >= 0.6 is 11.8 Å². The molecule has 1 N–H and O–H groups in total. The van der Waals surface area contributed by atoms with Crippen molar-refractivity contribution in [1.82, 2.24) is 15.2 Å². The smallest absolute Gasteiger partial charge is 0.278 e. The summed E-state index contributed by atoms with van der Waals surface area (Å²) < 4.78 is 5.14. The molecule has 6 heteroatoms. The number of hydrogen-bond donors (Lipinski definition) is 1. The SMILES string of the molecule is COc1ccc(CCSc2nnc(-c3ccccc3)c(=O)[nH]2)cc1. The molecule has 0 aliphatic heterocycles. The lowest BCUT2D eigenvalue weighted by molar-refractivity contribution is 0.414. The van der Waals surface area contributed by atoms with Gasteiger partial charge in [-0.25, -0.2) is 0 Å². The highest BCUT2D eigenvalue weighted by molar-refractivity contribution is 7.99. The van der Waals surface area contributed by atoms with Crippen LogP contribution in [0.5, 0.6) is 5.75 Å². The quantitative estimate of drug-likeness (QED) is 0.699. The molecule has 0 atom stereocenters. The summed E-state index contributed by atoms with van der Waals surface area (Å²) in [6, 6.07) is 17.3. The third-order valence-corrected chi connectivity index (χ3v) is 4.38. The van der Waals surface area contributed by atoms with Gasteiger partial charge in [-0.15, -0.1) is 10.2 Å². The van der Waals surface area contributed by atoms with Crippen molar-refractivity contribution in [2.75, 3.05) is 12.9 Å². The molecular formula is C18H17N3O2S. The van der Waals surface area contributed by atoms with Crippen LogP contribution < -0.4 is 10.3 Å². The molecule has 0 bridgehead atoms. The molecule has 24 heavy (non-hydrogen) atoms. The first kappa shape index (κ1) is 16.3. The lowest BCUT2D eigenvalue weighted by Crippen LogP contribution is -2.14. The van der Waals surface area contributed by atoms with Crippen molar-refractivity contribution in [3.05, 3.63) is 70.5 Å². The van der Waals surface area contributed by atoms with E-state index in [-0.39, 0.29) is 5.56 Å². The average molecular weight is 339 g/mol. The number of ether oxygens (including phenoxy) is 1. The lowest BCUT2D eigenvalue weighted by Gasteiger charge is -2.04. The first-order chi connectivity index (χ1) is 11.8. The van der Waals surface area contributed by atoms with Crippen molar-refractivity contribution in [3.8, 4) is 17.0 Å². The summed E-state index contributed by atoms with van der Waals surface area (Å²) >= 11 is 1.48. The Labute approximate surface area is 144 Å². The summed E-state index contributed by atoms with van der Waals surface area (Å²) in [5.74, 6) is 1.65. The number of nitrogens with one attached hydrogen (secondary N) is 1. The molecule has 0 spiro atoms. The van der Waals surface area contributed by atoms with Crippen molar-refractivity contribution >= 4 is 11.8 Å². The minimum atomic E-state index is -0.219. The van der Waals surface area contributed by atoms with Gasteiger partial charge in [-0.05, 0) is 24.1 Å². The van der Waals surface area contributed by atoms with Gasteiger partial charge in [0.15, 0.2) is 10.9 Å². The Kier molecular flexibility index (Phi) is 5.28. The number of benzene rings is 2. The number of nitrogens with zero attached hydrogens (tertiary/aromatic N) is 2. The second kappa shape index (κ2) is 7.79. The van der Waals surface area contributed by atoms with Gasteiger partial charge in [-0.1, -0.05) is 54.2 Å². The van der Waals surface area contributed by atoms with Crippen LogP contribution in [0.25, 0.3) is 11.3 Å². The minimum Gasteiger partial charge on any atom is -0.497 e. The molecule has 3 rings (SSSR count). The maximum absolute atomic E-state index is 12.2.